The number of fused-ring (bicyclic) bond motifs is 1. The summed E-state index contributed by atoms with van der Waals surface area (Å²) in [5, 5.41) is 21.9. The first-order chi connectivity index (χ1) is 21.1. The van der Waals surface area contributed by atoms with E-state index in [9.17, 15) is 9.90 Å². The molecule has 1 atom stereocenters. The Morgan fingerprint density at radius 1 is 1.25 bits per heavy atom. The molecular formula is C32H45ClN6O4Si. The third-order valence-electron chi connectivity index (χ3n) is 8.12. The number of anilines is 1. The number of hydrogen-bond acceptors (Lipinski definition) is 8. The molecule has 2 aromatic heterocycles. The molecule has 0 unspecified atom stereocenters. The third-order valence-corrected chi connectivity index (χ3v) is 10.2. The Hall–Kier alpha value is -2.96. The first kappa shape index (κ1) is 32.4. The largest absolute Gasteiger partial charge is 0.487 e. The SMILES string of the molecule is C[Si](C)(C)CCOCn1cc(COc2ccc3c(c2Cl)CCN(C[C@@H](O)CNC(=O)c2ccnc(NC4CCC4)c2)C3)cn1. The minimum atomic E-state index is -1.11. The Morgan fingerprint density at radius 3 is 2.86 bits per heavy atom. The molecule has 1 saturated carbocycles. The van der Waals surface area contributed by atoms with Crippen LogP contribution in [0.1, 0.15) is 46.3 Å². The molecule has 1 aromatic carbocycles. The lowest BCUT2D eigenvalue weighted by molar-refractivity contribution is 0.0784. The molecule has 0 spiro atoms. The van der Waals surface area contributed by atoms with Crippen LogP contribution in [0.3, 0.4) is 0 Å². The van der Waals surface area contributed by atoms with E-state index >= 15 is 0 Å². The van der Waals surface area contributed by atoms with E-state index in [4.69, 9.17) is 21.1 Å². The highest BCUT2D eigenvalue weighted by Crippen LogP contribution is 2.34. The number of aliphatic hydroxyl groups is 1. The maximum absolute atomic E-state index is 12.7. The van der Waals surface area contributed by atoms with Crippen LogP contribution in [0, 0.1) is 0 Å². The molecule has 12 heteroatoms. The molecule has 1 aliphatic carbocycles. The van der Waals surface area contributed by atoms with Gasteiger partial charge in [0.25, 0.3) is 5.91 Å². The van der Waals surface area contributed by atoms with Crippen LogP contribution in [0.25, 0.3) is 0 Å². The normalized spacial score (nSPS) is 16.2. The highest BCUT2D eigenvalue weighted by Gasteiger charge is 2.23. The molecule has 3 heterocycles. The van der Waals surface area contributed by atoms with E-state index in [1.54, 1.807) is 29.2 Å². The summed E-state index contributed by atoms with van der Waals surface area (Å²) in [6.45, 7) is 10.6. The predicted molar refractivity (Wildman–Crippen MR) is 175 cm³/mol. The molecule has 3 N–H and O–H groups in total. The predicted octanol–water partition coefficient (Wildman–Crippen LogP) is 4.94. The number of aromatic nitrogens is 3. The van der Waals surface area contributed by atoms with Gasteiger partial charge in [0.15, 0.2) is 0 Å². The van der Waals surface area contributed by atoms with Gasteiger partial charge in [-0.3, -0.25) is 9.69 Å². The number of ether oxygens (including phenoxy) is 2. The molecule has 0 bridgehead atoms. The van der Waals surface area contributed by atoms with Gasteiger partial charge in [0.2, 0.25) is 0 Å². The lowest BCUT2D eigenvalue weighted by atomic mass is 9.93. The molecule has 44 heavy (non-hydrogen) atoms. The fraction of sp³-hybridized carbons (Fsp3) is 0.531. The lowest BCUT2D eigenvalue weighted by Crippen LogP contribution is -2.42. The number of benzene rings is 1. The number of carbonyl (C=O) groups is 1. The fourth-order valence-corrected chi connectivity index (χ4v) is 6.34. The number of hydrogen-bond donors (Lipinski definition) is 3. The van der Waals surface area contributed by atoms with Crippen molar-refractivity contribution in [2.45, 2.75) is 83.4 Å². The second-order valence-corrected chi connectivity index (χ2v) is 19.1. The van der Waals surface area contributed by atoms with Crippen LogP contribution in [-0.4, -0.2) is 77.1 Å². The number of carbonyl (C=O) groups excluding carboxylic acids is 1. The Labute approximate surface area is 266 Å². The Balaban J connectivity index is 1.05. The van der Waals surface area contributed by atoms with E-state index in [1.807, 2.05) is 18.3 Å². The topological polar surface area (TPSA) is 114 Å². The lowest BCUT2D eigenvalue weighted by Gasteiger charge is -2.31. The Kier molecular flexibility index (Phi) is 11.0. The quantitative estimate of drug-likeness (QED) is 0.158. The number of pyridine rings is 1. The second kappa shape index (κ2) is 14.9. The molecule has 0 radical (unpaired) electrons. The zero-order valence-corrected chi connectivity index (χ0v) is 27.8. The van der Waals surface area contributed by atoms with Gasteiger partial charge in [0, 0.05) is 70.4 Å². The molecule has 2 aliphatic rings. The van der Waals surface area contributed by atoms with Crippen LogP contribution >= 0.6 is 11.6 Å². The van der Waals surface area contributed by atoms with E-state index in [1.165, 1.54) is 6.42 Å². The van der Waals surface area contributed by atoms with Crippen molar-refractivity contribution in [1.82, 2.24) is 25.0 Å². The maximum atomic E-state index is 12.7. The van der Waals surface area contributed by atoms with Gasteiger partial charge in [0.1, 0.15) is 24.9 Å². The smallest absolute Gasteiger partial charge is 0.251 e. The van der Waals surface area contributed by atoms with E-state index in [0.29, 0.717) is 54.6 Å². The second-order valence-electron chi connectivity index (χ2n) is 13.1. The number of aliphatic hydroxyl groups excluding tert-OH is 1. The first-order valence-electron chi connectivity index (χ1n) is 15.6. The van der Waals surface area contributed by atoms with Crippen molar-refractivity contribution in [3.63, 3.8) is 0 Å². The molecule has 3 aromatic rings. The van der Waals surface area contributed by atoms with Crippen molar-refractivity contribution in [3.8, 4) is 5.75 Å². The van der Waals surface area contributed by atoms with Gasteiger partial charge in [-0.05, 0) is 61.1 Å². The molecule has 238 valence electrons. The van der Waals surface area contributed by atoms with Crippen molar-refractivity contribution < 1.29 is 19.4 Å². The highest BCUT2D eigenvalue weighted by molar-refractivity contribution is 6.76. The van der Waals surface area contributed by atoms with Gasteiger partial charge in [0.05, 0.1) is 17.3 Å². The van der Waals surface area contributed by atoms with Gasteiger partial charge >= 0.3 is 0 Å². The number of nitrogens with one attached hydrogen (secondary N) is 2. The summed E-state index contributed by atoms with van der Waals surface area (Å²) in [4.78, 5) is 19.2. The van der Waals surface area contributed by atoms with Crippen molar-refractivity contribution in [2.75, 3.05) is 31.6 Å². The van der Waals surface area contributed by atoms with Crippen molar-refractivity contribution in [3.05, 3.63) is 70.1 Å². The highest BCUT2D eigenvalue weighted by atomic mass is 35.5. The minimum Gasteiger partial charge on any atom is -0.487 e. The number of β-amino-alcohol motifs (C(OH)–C–C–N with tert-alkyl or cyclic N) is 1. The monoisotopic (exact) mass is 640 g/mol. The third kappa shape index (κ3) is 9.27. The van der Waals surface area contributed by atoms with Crippen LogP contribution in [0.5, 0.6) is 5.75 Å². The van der Waals surface area contributed by atoms with Gasteiger partial charge in [-0.2, -0.15) is 5.10 Å². The number of amides is 1. The van der Waals surface area contributed by atoms with Crippen LogP contribution in [0.4, 0.5) is 5.82 Å². The molecule has 10 nitrogen and oxygen atoms in total. The molecular weight excluding hydrogens is 596 g/mol. The summed E-state index contributed by atoms with van der Waals surface area (Å²) in [6, 6.07) is 8.99. The average Bonchev–Trinajstić information content (AvgIpc) is 3.43. The average molecular weight is 641 g/mol. The van der Waals surface area contributed by atoms with Gasteiger partial charge in [-0.25, -0.2) is 9.67 Å². The molecule has 1 fully saturated rings. The van der Waals surface area contributed by atoms with Gasteiger partial charge < -0.3 is 25.2 Å². The van der Waals surface area contributed by atoms with Crippen LogP contribution < -0.4 is 15.4 Å². The summed E-state index contributed by atoms with van der Waals surface area (Å²) in [5.41, 5.74) is 3.69. The summed E-state index contributed by atoms with van der Waals surface area (Å²) < 4.78 is 13.6. The maximum Gasteiger partial charge on any atom is 0.251 e. The molecule has 0 saturated heterocycles. The summed E-state index contributed by atoms with van der Waals surface area (Å²) >= 11 is 6.78. The van der Waals surface area contributed by atoms with Crippen molar-refractivity contribution in [2.24, 2.45) is 0 Å². The van der Waals surface area contributed by atoms with Crippen molar-refractivity contribution >= 4 is 31.4 Å². The Morgan fingerprint density at radius 2 is 2.09 bits per heavy atom. The van der Waals surface area contributed by atoms with E-state index < -0.39 is 14.2 Å². The molecule has 1 aliphatic heterocycles. The summed E-state index contributed by atoms with van der Waals surface area (Å²) in [6.07, 6.45) is 8.93. The van der Waals surface area contributed by atoms with E-state index in [2.05, 4.69) is 45.3 Å². The number of rotatable bonds is 15. The summed E-state index contributed by atoms with van der Waals surface area (Å²) in [7, 11) is -1.11. The van der Waals surface area contributed by atoms with E-state index in [0.717, 1.165) is 55.1 Å². The van der Waals surface area contributed by atoms with Crippen LogP contribution in [0.15, 0.2) is 42.9 Å². The zero-order valence-electron chi connectivity index (χ0n) is 26.0. The van der Waals surface area contributed by atoms with E-state index in [-0.39, 0.29) is 12.5 Å². The minimum absolute atomic E-state index is 0.171. The van der Waals surface area contributed by atoms with Gasteiger partial charge in [-0.15, -0.1) is 0 Å². The summed E-state index contributed by atoms with van der Waals surface area (Å²) in [5.74, 6) is 1.15. The zero-order chi connectivity index (χ0) is 31.1. The molecule has 5 rings (SSSR count). The van der Waals surface area contributed by atoms with Crippen molar-refractivity contribution in [1.29, 1.82) is 0 Å². The van der Waals surface area contributed by atoms with Crippen LogP contribution in [-0.2, 0) is 31.0 Å². The first-order valence-corrected chi connectivity index (χ1v) is 19.6. The standard InChI is InChI=1S/C32H45ClN6O4Si/c1-44(2,3)14-13-42-22-39-18-23(16-36-39)21-43-29-8-7-25-19-38(12-10-28(25)31(29)33)20-27(40)17-35-32(41)24-9-11-34-30(15-24)37-26-5-4-6-26/h7-9,11,15-16,18,26-27,40H,4-6,10,12-14,17,19-22H2,1-3H3,(H,34,37)(H,35,41)/t27-/m0/s1. The van der Waals surface area contributed by atoms with Crippen LogP contribution in [0.2, 0.25) is 30.7 Å². The molecule has 1 amide bonds. The number of nitrogens with zero attached hydrogens (tertiary/aromatic N) is 4. The van der Waals surface area contributed by atoms with Gasteiger partial charge in [-0.1, -0.05) is 37.3 Å². The Bertz CT molecular complexity index is 1410. The fourth-order valence-electron chi connectivity index (χ4n) is 5.25. The number of halogens is 1.